The lowest BCUT2D eigenvalue weighted by atomic mass is 9.92. The van der Waals surface area contributed by atoms with Crippen LogP contribution in [0.15, 0.2) is 29.8 Å². The molecular formula is C22H20O8. The van der Waals surface area contributed by atoms with E-state index in [2.05, 4.69) is 0 Å². The van der Waals surface area contributed by atoms with Gasteiger partial charge in [0.2, 0.25) is 25.1 Å². The minimum atomic E-state index is -0.348. The number of esters is 1. The SMILES string of the molecule is COc1cc(C=C2C(=O)OC[C@@H]2Cc2ccc3c(c2)OCO3)c(OC)c2c1OCO2. The van der Waals surface area contributed by atoms with E-state index in [1.165, 1.54) is 0 Å². The summed E-state index contributed by atoms with van der Waals surface area (Å²) in [4.78, 5) is 12.5. The number of rotatable bonds is 5. The molecule has 0 saturated carbocycles. The van der Waals surface area contributed by atoms with Crippen molar-refractivity contribution in [1.29, 1.82) is 0 Å². The zero-order chi connectivity index (χ0) is 20.7. The van der Waals surface area contributed by atoms with Gasteiger partial charge in [-0.05, 0) is 36.3 Å². The van der Waals surface area contributed by atoms with Crippen molar-refractivity contribution in [3.63, 3.8) is 0 Å². The minimum absolute atomic E-state index is 0.0802. The second-order valence-electron chi connectivity index (χ2n) is 7.05. The van der Waals surface area contributed by atoms with Gasteiger partial charge in [0.15, 0.2) is 23.0 Å². The van der Waals surface area contributed by atoms with Crippen molar-refractivity contribution in [1.82, 2.24) is 0 Å². The van der Waals surface area contributed by atoms with E-state index in [9.17, 15) is 4.79 Å². The van der Waals surface area contributed by atoms with Crippen molar-refractivity contribution >= 4 is 12.0 Å². The van der Waals surface area contributed by atoms with Gasteiger partial charge >= 0.3 is 5.97 Å². The summed E-state index contributed by atoms with van der Waals surface area (Å²) in [5, 5.41) is 0. The van der Waals surface area contributed by atoms with Gasteiger partial charge in [-0.15, -0.1) is 0 Å². The number of hydrogen-bond acceptors (Lipinski definition) is 8. The predicted octanol–water partition coefficient (Wildman–Crippen LogP) is 2.96. The summed E-state index contributed by atoms with van der Waals surface area (Å²) in [5.74, 6) is 2.92. The smallest absolute Gasteiger partial charge is 0.334 e. The first-order valence-corrected chi connectivity index (χ1v) is 9.49. The molecule has 0 unspecified atom stereocenters. The third kappa shape index (κ3) is 3.04. The number of methoxy groups -OCH3 is 2. The van der Waals surface area contributed by atoms with Gasteiger partial charge in [0, 0.05) is 17.1 Å². The molecule has 5 rings (SSSR count). The number of carbonyl (C=O) groups is 1. The summed E-state index contributed by atoms with van der Waals surface area (Å²) in [5.41, 5.74) is 2.25. The van der Waals surface area contributed by atoms with Crippen molar-refractivity contribution in [3.05, 3.63) is 41.0 Å². The van der Waals surface area contributed by atoms with E-state index >= 15 is 0 Å². The number of hydrogen-bond donors (Lipinski definition) is 0. The molecule has 1 fully saturated rings. The van der Waals surface area contributed by atoms with Crippen molar-refractivity contribution < 1.29 is 38.0 Å². The summed E-state index contributed by atoms with van der Waals surface area (Å²) < 4.78 is 38.2. The first-order chi connectivity index (χ1) is 14.7. The van der Waals surface area contributed by atoms with Crippen molar-refractivity contribution in [2.24, 2.45) is 5.92 Å². The Hall–Kier alpha value is -3.55. The fraction of sp³-hybridized carbons (Fsp3) is 0.318. The number of benzene rings is 2. The lowest BCUT2D eigenvalue weighted by molar-refractivity contribution is -0.135. The van der Waals surface area contributed by atoms with Gasteiger partial charge in [-0.3, -0.25) is 0 Å². The molecule has 0 spiro atoms. The highest BCUT2D eigenvalue weighted by molar-refractivity contribution is 5.97. The van der Waals surface area contributed by atoms with Crippen LogP contribution in [-0.4, -0.2) is 40.4 Å². The molecule has 0 bridgehead atoms. The largest absolute Gasteiger partial charge is 0.493 e. The molecule has 3 aliphatic rings. The fourth-order valence-corrected chi connectivity index (χ4v) is 3.88. The summed E-state index contributed by atoms with van der Waals surface area (Å²) in [7, 11) is 3.09. The van der Waals surface area contributed by atoms with Gasteiger partial charge in [-0.1, -0.05) is 6.07 Å². The Bertz CT molecular complexity index is 1040. The van der Waals surface area contributed by atoms with Crippen LogP contribution in [-0.2, 0) is 16.0 Å². The molecule has 3 aliphatic heterocycles. The van der Waals surface area contributed by atoms with Crippen LogP contribution < -0.4 is 28.4 Å². The summed E-state index contributed by atoms with van der Waals surface area (Å²) in [6.45, 7) is 0.612. The highest BCUT2D eigenvalue weighted by Crippen LogP contribution is 2.50. The van der Waals surface area contributed by atoms with Crippen molar-refractivity contribution in [2.45, 2.75) is 6.42 Å². The summed E-state index contributed by atoms with van der Waals surface area (Å²) in [6, 6.07) is 7.55. The predicted molar refractivity (Wildman–Crippen MR) is 104 cm³/mol. The van der Waals surface area contributed by atoms with E-state index in [1.54, 1.807) is 26.4 Å². The fourth-order valence-electron chi connectivity index (χ4n) is 3.88. The molecule has 156 valence electrons. The van der Waals surface area contributed by atoms with Crippen molar-refractivity contribution in [3.8, 4) is 34.5 Å². The van der Waals surface area contributed by atoms with E-state index in [-0.39, 0.29) is 25.5 Å². The quantitative estimate of drug-likeness (QED) is 0.548. The maximum Gasteiger partial charge on any atom is 0.334 e. The molecule has 8 heteroatoms. The molecule has 8 nitrogen and oxygen atoms in total. The zero-order valence-electron chi connectivity index (χ0n) is 16.6. The number of fused-ring (bicyclic) bond motifs is 2. The third-order valence-corrected chi connectivity index (χ3v) is 5.34. The zero-order valence-corrected chi connectivity index (χ0v) is 16.6. The van der Waals surface area contributed by atoms with Crippen LogP contribution in [0, 0.1) is 5.92 Å². The third-order valence-electron chi connectivity index (χ3n) is 5.34. The van der Waals surface area contributed by atoms with Crippen LogP contribution in [0.1, 0.15) is 11.1 Å². The Kier molecular flexibility index (Phi) is 4.54. The molecule has 1 atom stereocenters. The van der Waals surface area contributed by atoms with Crippen molar-refractivity contribution in [2.75, 3.05) is 34.4 Å². The molecule has 2 aromatic carbocycles. The van der Waals surface area contributed by atoms with E-state index in [0.29, 0.717) is 52.9 Å². The molecule has 0 N–H and O–H groups in total. The first-order valence-electron chi connectivity index (χ1n) is 9.49. The molecule has 2 aromatic rings. The maximum atomic E-state index is 12.5. The average Bonchev–Trinajstić information content (AvgIpc) is 3.49. The van der Waals surface area contributed by atoms with Gasteiger partial charge < -0.3 is 33.2 Å². The first kappa shape index (κ1) is 18.5. The van der Waals surface area contributed by atoms with Gasteiger partial charge in [0.25, 0.3) is 0 Å². The van der Waals surface area contributed by atoms with Gasteiger partial charge in [0.05, 0.1) is 20.8 Å². The standard InChI is InChI=1S/C22H20O8/c1-24-18-8-13(19(25-2)21-20(18)29-11-30-21)7-15-14(9-26-22(15)23)5-12-3-4-16-17(6-12)28-10-27-16/h3-4,6-8,14H,5,9-11H2,1-2H3/t14-/m0/s1. The highest BCUT2D eigenvalue weighted by Gasteiger charge is 2.33. The Labute approximate surface area is 172 Å². The Balaban J connectivity index is 1.49. The van der Waals surface area contributed by atoms with Crippen LogP contribution in [0.3, 0.4) is 0 Å². The highest BCUT2D eigenvalue weighted by atomic mass is 16.7. The van der Waals surface area contributed by atoms with E-state index in [1.807, 2.05) is 18.2 Å². The molecule has 3 heterocycles. The lowest BCUT2D eigenvalue weighted by Crippen LogP contribution is -2.08. The topological polar surface area (TPSA) is 81.7 Å². The Morgan fingerprint density at radius 3 is 2.60 bits per heavy atom. The molecule has 0 aromatic heterocycles. The lowest BCUT2D eigenvalue weighted by Gasteiger charge is -2.13. The van der Waals surface area contributed by atoms with Gasteiger partial charge in [-0.25, -0.2) is 4.79 Å². The minimum Gasteiger partial charge on any atom is -0.493 e. The summed E-state index contributed by atoms with van der Waals surface area (Å²) in [6.07, 6.45) is 2.40. The molecule has 30 heavy (non-hydrogen) atoms. The molecule has 0 radical (unpaired) electrons. The number of cyclic esters (lactones) is 1. The maximum absolute atomic E-state index is 12.5. The molecule has 0 amide bonds. The summed E-state index contributed by atoms with van der Waals surface area (Å²) >= 11 is 0. The average molecular weight is 412 g/mol. The number of ether oxygens (including phenoxy) is 7. The Morgan fingerprint density at radius 1 is 0.967 bits per heavy atom. The van der Waals surface area contributed by atoms with Crippen LogP contribution >= 0.6 is 0 Å². The second-order valence-corrected chi connectivity index (χ2v) is 7.05. The molecule has 1 saturated heterocycles. The normalized spacial score (nSPS) is 19.9. The van der Waals surface area contributed by atoms with E-state index in [4.69, 9.17) is 33.2 Å². The van der Waals surface area contributed by atoms with E-state index < -0.39 is 0 Å². The Morgan fingerprint density at radius 2 is 1.77 bits per heavy atom. The second kappa shape index (κ2) is 7.37. The molecular weight excluding hydrogens is 392 g/mol. The van der Waals surface area contributed by atoms with Gasteiger partial charge in [-0.2, -0.15) is 0 Å². The van der Waals surface area contributed by atoms with Crippen LogP contribution in [0.5, 0.6) is 34.5 Å². The number of carbonyl (C=O) groups excluding carboxylic acids is 1. The van der Waals surface area contributed by atoms with Crippen LogP contribution in [0.2, 0.25) is 0 Å². The van der Waals surface area contributed by atoms with E-state index in [0.717, 1.165) is 11.3 Å². The van der Waals surface area contributed by atoms with Crippen LogP contribution in [0.4, 0.5) is 0 Å². The molecule has 0 aliphatic carbocycles. The monoisotopic (exact) mass is 412 g/mol. The van der Waals surface area contributed by atoms with Gasteiger partial charge in [0.1, 0.15) is 0 Å². The van der Waals surface area contributed by atoms with Crippen LogP contribution in [0.25, 0.3) is 6.08 Å².